The van der Waals surface area contributed by atoms with Gasteiger partial charge >= 0.3 is 0 Å². The number of anilines is 3. The van der Waals surface area contributed by atoms with E-state index >= 15 is 0 Å². The first-order chi connectivity index (χ1) is 16.6. The lowest BCUT2D eigenvalue weighted by Gasteiger charge is -2.14. The number of nitrogens with two attached hydrogens (primary N) is 1. The number of pyridine rings is 2. The number of hydrogen-bond acceptors (Lipinski definition) is 8. The monoisotopic (exact) mass is 507 g/mol. The summed E-state index contributed by atoms with van der Waals surface area (Å²) in [6, 6.07) is 9.92. The molecule has 0 saturated carbocycles. The van der Waals surface area contributed by atoms with Gasteiger partial charge in [0.15, 0.2) is 29.9 Å². The largest absolute Gasteiger partial charge is 0.756 e. The summed E-state index contributed by atoms with van der Waals surface area (Å²) in [6.45, 7) is -0.529. The van der Waals surface area contributed by atoms with Crippen molar-refractivity contribution in [3.8, 4) is 11.3 Å². The molecule has 0 radical (unpaired) electrons. The maximum atomic E-state index is 13.8. The summed E-state index contributed by atoms with van der Waals surface area (Å²) in [5.41, 5.74) is 7.46. The second-order valence-corrected chi connectivity index (χ2v) is 8.46. The Morgan fingerprint density at radius 2 is 2.00 bits per heavy atom. The van der Waals surface area contributed by atoms with E-state index in [1.165, 1.54) is 23.0 Å². The minimum atomic E-state index is -4.93. The number of nitrogens with one attached hydrogen (secondary N) is 1. The highest BCUT2D eigenvalue weighted by Crippen LogP contribution is 2.31. The van der Waals surface area contributed by atoms with E-state index in [0.717, 1.165) is 17.7 Å². The highest BCUT2D eigenvalue weighted by Gasteiger charge is 2.18. The molecule has 3 heterocycles. The van der Waals surface area contributed by atoms with Crippen molar-refractivity contribution in [3.63, 3.8) is 0 Å². The van der Waals surface area contributed by atoms with Gasteiger partial charge in [-0.3, -0.25) is 14.8 Å². The fraction of sp³-hybridized carbons (Fsp3) is 0.0952. The van der Waals surface area contributed by atoms with Crippen molar-refractivity contribution in [1.29, 1.82) is 0 Å². The van der Waals surface area contributed by atoms with E-state index in [1.54, 1.807) is 24.3 Å². The van der Waals surface area contributed by atoms with Crippen LogP contribution in [0.15, 0.2) is 59.4 Å². The summed E-state index contributed by atoms with van der Waals surface area (Å²) in [5, 5.41) is 6.57. The van der Waals surface area contributed by atoms with Gasteiger partial charge in [-0.05, 0) is 35.9 Å². The SMILES string of the molecule is Nc1c(-c2cc(Cc3ccc(Nc4ccc(F)c(F)c4F)nc3)no2)ccc[n+]1COP(=O)([O-])O. The van der Waals surface area contributed by atoms with Crippen LogP contribution in [0.25, 0.3) is 11.3 Å². The minimum Gasteiger partial charge on any atom is -0.756 e. The molecular weight excluding hydrogens is 490 g/mol. The predicted octanol–water partition coefficient (Wildman–Crippen LogP) is 2.79. The van der Waals surface area contributed by atoms with Crippen molar-refractivity contribution in [2.45, 2.75) is 13.2 Å². The standard InChI is InChI=1S/C21H17F3N5O5P/c22-15-4-5-16(20(24)19(15)23)27-18-6-3-12(10-26-18)8-13-9-17(34-28-13)14-2-1-7-29(21(14)25)11-33-35(30,31)32/h1-7,9-10,25H,8,11H2,(H3,26,27,30,31,32). The zero-order valence-corrected chi connectivity index (χ0v) is 18.6. The van der Waals surface area contributed by atoms with Crippen LogP contribution in [-0.4, -0.2) is 15.0 Å². The Morgan fingerprint density at radius 1 is 1.20 bits per heavy atom. The van der Waals surface area contributed by atoms with Crippen LogP contribution in [0.2, 0.25) is 0 Å². The zero-order chi connectivity index (χ0) is 25.2. The minimum absolute atomic E-state index is 0.116. The zero-order valence-electron chi connectivity index (χ0n) is 17.7. The van der Waals surface area contributed by atoms with Crippen LogP contribution in [-0.2, 0) is 22.2 Å². The van der Waals surface area contributed by atoms with Crippen LogP contribution in [0, 0.1) is 17.5 Å². The van der Waals surface area contributed by atoms with E-state index in [0.29, 0.717) is 23.4 Å². The average molecular weight is 507 g/mol. The quantitative estimate of drug-likeness (QED) is 0.186. The number of hydrogen-bond donors (Lipinski definition) is 3. The molecule has 1 unspecified atom stereocenters. The summed E-state index contributed by atoms with van der Waals surface area (Å²) in [7, 11) is -4.93. The maximum Gasteiger partial charge on any atom is 0.285 e. The van der Waals surface area contributed by atoms with E-state index in [1.807, 2.05) is 0 Å². The summed E-state index contributed by atoms with van der Waals surface area (Å²) >= 11 is 0. The number of halogens is 3. The van der Waals surface area contributed by atoms with E-state index in [-0.39, 0.29) is 17.3 Å². The molecule has 0 fully saturated rings. The second kappa shape index (κ2) is 9.84. The molecule has 35 heavy (non-hydrogen) atoms. The molecule has 14 heteroatoms. The van der Waals surface area contributed by atoms with Crippen molar-refractivity contribution >= 4 is 25.1 Å². The Hall–Kier alpha value is -3.77. The maximum absolute atomic E-state index is 13.8. The molecule has 4 N–H and O–H groups in total. The van der Waals surface area contributed by atoms with E-state index in [2.05, 4.69) is 20.0 Å². The van der Waals surface area contributed by atoms with E-state index < -0.39 is 32.0 Å². The number of rotatable bonds is 8. The lowest BCUT2D eigenvalue weighted by atomic mass is 10.1. The van der Waals surface area contributed by atoms with Gasteiger partial charge in [-0.15, -0.1) is 0 Å². The fourth-order valence-electron chi connectivity index (χ4n) is 3.11. The first-order valence-corrected chi connectivity index (χ1v) is 11.4. The molecule has 4 rings (SSSR count). The van der Waals surface area contributed by atoms with Gasteiger partial charge < -0.3 is 19.6 Å². The van der Waals surface area contributed by atoms with Crippen molar-refractivity contribution in [2.75, 3.05) is 11.1 Å². The highest BCUT2D eigenvalue weighted by atomic mass is 31.2. The first kappa shape index (κ1) is 24.4. The van der Waals surface area contributed by atoms with Crippen LogP contribution < -0.4 is 20.5 Å². The molecule has 0 amide bonds. The highest BCUT2D eigenvalue weighted by molar-refractivity contribution is 7.44. The van der Waals surface area contributed by atoms with Gasteiger partial charge in [0.1, 0.15) is 11.4 Å². The molecule has 0 spiro atoms. The average Bonchev–Trinajstić information content (AvgIpc) is 3.27. The number of phosphoric ester groups is 1. The molecule has 0 aliphatic heterocycles. The normalized spacial score (nSPS) is 12.9. The van der Waals surface area contributed by atoms with Crippen LogP contribution in [0.5, 0.6) is 0 Å². The molecule has 1 aromatic carbocycles. The Balaban J connectivity index is 1.45. The second-order valence-electron chi connectivity index (χ2n) is 7.26. The van der Waals surface area contributed by atoms with Gasteiger partial charge in [0, 0.05) is 18.7 Å². The molecule has 0 bridgehead atoms. The Kier molecular flexibility index (Phi) is 6.85. The van der Waals surface area contributed by atoms with E-state index in [9.17, 15) is 22.6 Å². The van der Waals surface area contributed by atoms with Crippen LogP contribution >= 0.6 is 7.82 Å². The van der Waals surface area contributed by atoms with Crippen molar-refractivity contribution < 1.29 is 41.1 Å². The van der Waals surface area contributed by atoms with Crippen LogP contribution in [0.3, 0.4) is 0 Å². The van der Waals surface area contributed by atoms with Crippen LogP contribution in [0.1, 0.15) is 11.3 Å². The lowest BCUT2D eigenvalue weighted by Crippen LogP contribution is -2.38. The van der Waals surface area contributed by atoms with Crippen LogP contribution in [0.4, 0.5) is 30.5 Å². The van der Waals surface area contributed by atoms with Gasteiger partial charge in [0.05, 0.1) is 17.6 Å². The van der Waals surface area contributed by atoms with Gasteiger partial charge in [0.2, 0.25) is 0 Å². The number of benzene rings is 1. The Bertz CT molecular complexity index is 1410. The molecule has 4 aromatic rings. The van der Waals surface area contributed by atoms with Crippen molar-refractivity contribution in [3.05, 3.63) is 83.6 Å². The third kappa shape index (κ3) is 5.84. The topological polar surface area (TPSA) is 150 Å². The smallest absolute Gasteiger partial charge is 0.285 e. The molecule has 10 nitrogen and oxygen atoms in total. The molecule has 3 aromatic heterocycles. The number of nitrogen functional groups attached to an aromatic ring is 1. The summed E-state index contributed by atoms with van der Waals surface area (Å²) in [4.78, 5) is 23.7. The third-order valence-electron chi connectivity index (χ3n) is 4.81. The van der Waals surface area contributed by atoms with Gasteiger partial charge in [-0.1, -0.05) is 11.2 Å². The van der Waals surface area contributed by atoms with Crippen molar-refractivity contribution in [2.24, 2.45) is 0 Å². The van der Waals surface area contributed by atoms with Gasteiger partial charge in [-0.25, -0.2) is 22.7 Å². The third-order valence-corrected chi connectivity index (χ3v) is 5.25. The molecule has 0 saturated heterocycles. The predicted molar refractivity (Wildman–Crippen MR) is 114 cm³/mol. The van der Waals surface area contributed by atoms with Gasteiger partial charge in [0.25, 0.3) is 13.6 Å². The number of phosphoric acid groups is 1. The molecular formula is C21H17F3N5O5P. The molecule has 0 aliphatic carbocycles. The van der Waals surface area contributed by atoms with Gasteiger partial charge in [-0.2, -0.15) is 0 Å². The summed E-state index contributed by atoms with van der Waals surface area (Å²) in [6.07, 6.45) is 3.27. The number of nitrogens with zero attached hydrogens (tertiary/aromatic N) is 3. The first-order valence-electron chi connectivity index (χ1n) is 9.88. The Morgan fingerprint density at radius 3 is 2.71 bits per heavy atom. The fourth-order valence-corrected chi connectivity index (χ4v) is 3.38. The lowest BCUT2D eigenvalue weighted by molar-refractivity contribution is -0.712. The molecule has 182 valence electrons. The van der Waals surface area contributed by atoms with E-state index in [4.69, 9.17) is 15.2 Å². The summed E-state index contributed by atoms with van der Waals surface area (Å²) in [5.74, 6) is -3.58. The summed E-state index contributed by atoms with van der Waals surface area (Å²) < 4.78 is 62.1. The molecule has 1 atom stereocenters. The van der Waals surface area contributed by atoms with Crippen molar-refractivity contribution in [1.82, 2.24) is 10.1 Å². The molecule has 0 aliphatic rings. The number of aromatic nitrogens is 3. The Labute approximate surface area is 196 Å².